The van der Waals surface area contributed by atoms with Gasteiger partial charge in [-0.25, -0.2) is 4.79 Å². The van der Waals surface area contributed by atoms with Crippen LogP contribution in [0.2, 0.25) is 10.0 Å². The summed E-state index contributed by atoms with van der Waals surface area (Å²) in [6.45, 7) is 0. The molecule has 0 aliphatic heterocycles. The summed E-state index contributed by atoms with van der Waals surface area (Å²) in [5.41, 5.74) is 0. The van der Waals surface area contributed by atoms with Gasteiger partial charge in [0.25, 0.3) is 0 Å². The van der Waals surface area contributed by atoms with Gasteiger partial charge in [0.05, 0.1) is 17.2 Å². The molecular formula is C10H8Cl2O2S. The minimum Gasteiger partial charge on any atom is -0.466 e. The van der Waals surface area contributed by atoms with Gasteiger partial charge in [0, 0.05) is 11.0 Å². The van der Waals surface area contributed by atoms with E-state index in [1.54, 1.807) is 17.5 Å². The molecule has 0 N–H and O–H groups in total. The maximum absolute atomic E-state index is 10.8. The number of benzene rings is 1. The number of hydrogen-bond donors (Lipinski definition) is 0. The number of thioether (sulfide) groups is 1. The van der Waals surface area contributed by atoms with E-state index in [1.165, 1.54) is 24.9 Å². The summed E-state index contributed by atoms with van der Waals surface area (Å²) >= 11 is 12.9. The van der Waals surface area contributed by atoms with Crippen LogP contribution in [0, 0.1) is 0 Å². The highest BCUT2D eigenvalue weighted by Crippen LogP contribution is 2.28. The first-order valence-electron chi connectivity index (χ1n) is 3.99. The third-order valence-electron chi connectivity index (χ3n) is 1.50. The van der Waals surface area contributed by atoms with Gasteiger partial charge in [-0.1, -0.05) is 35.0 Å². The summed E-state index contributed by atoms with van der Waals surface area (Å²) in [6.07, 6.45) is 1.34. The van der Waals surface area contributed by atoms with Crippen molar-refractivity contribution in [1.29, 1.82) is 0 Å². The van der Waals surface area contributed by atoms with Gasteiger partial charge in [-0.3, -0.25) is 0 Å². The van der Waals surface area contributed by atoms with Crippen LogP contribution in [0.15, 0.2) is 34.6 Å². The van der Waals surface area contributed by atoms with E-state index in [4.69, 9.17) is 23.2 Å². The molecule has 80 valence electrons. The molecule has 0 amide bonds. The molecular weight excluding hydrogens is 255 g/mol. The molecule has 1 aromatic carbocycles. The Morgan fingerprint density at radius 3 is 2.73 bits per heavy atom. The Balaban J connectivity index is 2.62. The van der Waals surface area contributed by atoms with Crippen LogP contribution < -0.4 is 0 Å². The lowest BCUT2D eigenvalue weighted by Crippen LogP contribution is -1.92. The zero-order valence-electron chi connectivity index (χ0n) is 7.87. The molecule has 0 atom stereocenters. The zero-order valence-corrected chi connectivity index (χ0v) is 10.2. The minimum absolute atomic E-state index is 0.387. The van der Waals surface area contributed by atoms with Crippen molar-refractivity contribution in [1.82, 2.24) is 0 Å². The molecule has 2 nitrogen and oxygen atoms in total. The van der Waals surface area contributed by atoms with E-state index in [0.29, 0.717) is 10.0 Å². The van der Waals surface area contributed by atoms with Crippen LogP contribution in [0.1, 0.15) is 0 Å². The lowest BCUT2D eigenvalue weighted by atomic mass is 10.4. The molecule has 0 aromatic heterocycles. The van der Waals surface area contributed by atoms with Gasteiger partial charge in [0.1, 0.15) is 0 Å². The molecule has 0 fully saturated rings. The maximum atomic E-state index is 10.8. The molecule has 0 unspecified atom stereocenters. The van der Waals surface area contributed by atoms with Crippen LogP contribution in [0.5, 0.6) is 0 Å². The summed E-state index contributed by atoms with van der Waals surface area (Å²) in [6, 6.07) is 5.26. The Bertz CT molecular complexity index is 391. The third kappa shape index (κ3) is 4.16. The summed E-state index contributed by atoms with van der Waals surface area (Å²) < 4.78 is 4.44. The van der Waals surface area contributed by atoms with Crippen molar-refractivity contribution >= 4 is 40.9 Å². The standard InChI is InChI=1S/C10H8Cl2O2S/c1-14-10(13)4-5-15-7-2-3-8(11)9(12)6-7/h2-6H,1H3. The second-order valence-electron chi connectivity index (χ2n) is 2.52. The lowest BCUT2D eigenvalue weighted by molar-refractivity contribution is -0.134. The second kappa shape index (κ2) is 6.05. The maximum Gasteiger partial charge on any atom is 0.330 e. The van der Waals surface area contributed by atoms with Crippen molar-refractivity contribution in [3.63, 3.8) is 0 Å². The minimum atomic E-state index is -0.387. The summed E-state index contributed by atoms with van der Waals surface area (Å²) in [4.78, 5) is 11.7. The molecule has 5 heteroatoms. The predicted molar refractivity (Wildman–Crippen MR) is 63.5 cm³/mol. The molecule has 0 saturated carbocycles. The number of methoxy groups -OCH3 is 1. The van der Waals surface area contributed by atoms with Crippen molar-refractivity contribution in [2.75, 3.05) is 7.11 Å². The number of hydrogen-bond acceptors (Lipinski definition) is 3. The van der Waals surface area contributed by atoms with E-state index < -0.39 is 0 Å². The van der Waals surface area contributed by atoms with E-state index in [-0.39, 0.29) is 5.97 Å². The Labute approximate surface area is 102 Å². The number of halogens is 2. The first-order valence-corrected chi connectivity index (χ1v) is 5.63. The third-order valence-corrected chi connectivity index (χ3v) is 3.04. The lowest BCUT2D eigenvalue weighted by Gasteiger charge is -1.98. The first kappa shape index (κ1) is 12.4. The van der Waals surface area contributed by atoms with Gasteiger partial charge < -0.3 is 4.74 Å². The molecule has 1 aromatic rings. The molecule has 0 heterocycles. The van der Waals surface area contributed by atoms with Crippen LogP contribution in [0.4, 0.5) is 0 Å². The summed E-state index contributed by atoms with van der Waals surface area (Å²) in [5, 5.41) is 2.64. The van der Waals surface area contributed by atoms with Crippen LogP contribution in [0.3, 0.4) is 0 Å². The number of rotatable bonds is 3. The SMILES string of the molecule is COC(=O)C=CSc1ccc(Cl)c(Cl)c1. The molecule has 0 aliphatic carbocycles. The topological polar surface area (TPSA) is 26.3 Å². The van der Waals surface area contributed by atoms with Gasteiger partial charge in [0.15, 0.2) is 0 Å². The van der Waals surface area contributed by atoms with Gasteiger partial charge in [-0.05, 0) is 23.6 Å². The second-order valence-corrected chi connectivity index (χ2v) is 4.31. The van der Waals surface area contributed by atoms with Crippen LogP contribution >= 0.6 is 35.0 Å². The van der Waals surface area contributed by atoms with Gasteiger partial charge in [0.2, 0.25) is 0 Å². The van der Waals surface area contributed by atoms with Crippen LogP contribution in [-0.4, -0.2) is 13.1 Å². The summed E-state index contributed by atoms with van der Waals surface area (Å²) in [7, 11) is 1.33. The Morgan fingerprint density at radius 2 is 2.13 bits per heavy atom. The fraction of sp³-hybridized carbons (Fsp3) is 0.100. The van der Waals surface area contributed by atoms with Crippen molar-refractivity contribution in [3.05, 3.63) is 39.7 Å². The summed E-state index contributed by atoms with van der Waals surface area (Å²) in [5.74, 6) is -0.387. The molecule has 0 radical (unpaired) electrons. The fourth-order valence-corrected chi connectivity index (χ4v) is 1.82. The van der Waals surface area contributed by atoms with E-state index in [2.05, 4.69) is 4.74 Å². The molecule has 1 rings (SSSR count). The quantitative estimate of drug-likeness (QED) is 0.471. The number of carbonyl (C=O) groups is 1. The number of ether oxygens (including phenoxy) is 1. The molecule has 15 heavy (non-hydrogen) atoms. The van der Waals surface area contributed by atoms with Crippen molar-refractivity contribution in [2.45, 2.75) is 4.90 Å². The van der Waals surface area contributed by atoms with Gasteiger partial charge in [-0.2, -0.15) is 0 Å². The number of carbonyl (C=O) groups excluding carboxylic acids is 1. The van der Waals surface area contributed by atoms with Crippen LogP contribution in [-0.2, 0) is 9.53 Å². The average molecular weight is 263 g/mol. The largest absolute Gasteiger partial charge is 0.466 e. The van der Waals surface area contributed by atoms with Crippen LogP contribution in [0.25, 0.3) is 0 Å². The van der Waals surface area contributed by atoms with Crippen molar-refractivity contribution in [3.8, 4) is 0 Å². The average Bonchev–Trinajstić information content (AvgIpc) is 2.23. The van der Waals surface area contributed by atoms with E-state index in [1.807, 2.05) is 6.07 Å². The first-order chi connectivity index (χ1) is 7.13. The monoisotopic (exact) mass is 262 g/mol. The van der Waals surface area contributed by atoms with E-state index in [0.717, 1.165) is 4.90 Å². The van der Waals surface area contributed by atoms with E-state index >= 15 is 0 Å². The van der Waals surface area contributed by atoms with Crippen molar-refractivity contribution in [2.24, 2.45) is 0 Å². The predicted octanol–water partition coefficient (Wildman–Crippen LogP) is 3.77. The Morgan fingerprint density at radius 1 is 1.40 bits per heavy atom. The highest BCUT2D eigenvalue weighted by atomic mass is 35.5. The zero-order chi connectivity index (χ0) is 11.3. The highest BCUT2D eigenvalue weighted by molar-refractivity contribution is 8.02. The molecule has 0 bridgehead atoms. The Kier molecular flexibility index (Phi) is 5.02. The van der Waals surface area contributed by atoms with Gasteiger partial charge in [-0.15, -0.1) is 0 Å². The van der Waals surface area contributed by atoms with Gasteiger partial charge >= 0.3 is 5.97 Å². The molecule has 0 aliphatic rings. The smallest absolute Gasteiger partial charge is 0.330 e. The molecule has 0 saturated heterocycles. The Hall–Kier alpha value is -0.640. The van der Waals surface area contributed by atoms with Crippen molar-refractivity contribution < 1.29 is 9.53 Å². The van der Waals surface area contributed by atoms with E-state index in [9.17, 15) is 4.79 Å². The number of esters is 1. The normalized spacial score (nSPS) is 10.6. The highest BCUT2D eigenvalue weighted by Gasteiger charge is 1.98. The fourth-order valence-electron chi connectivity index (χ4n) is 0.786. The molecule has 0 spiro atoms.